The minimum absolute atomic E-state index is 0.0627. The van der Waals surface area contributed by atoms with Gasteiger partial charge in [0, 0.05) is 0 Å². The van der Waals surface area contributed by atoms with Crippen LogP contribution in [-0.2, 0) is 10.2 Å². The Morgan fingerprint density at radius 3 is 2.69 bits per heavy atom. The van der Waals surface area contributed by atoms with E-state index in [1.54, 1.807) is 0 Å². The van der Waals surface area contributed by atoms with Crippen molar-refractivity contribution in [2.75, 3.05) is 19.8 Å². The molecule has 0 spiro atoms. The summed E-state index contributed by atoms with van der Waals surface area (Å²) >= 11 is 0. The highest BCUT2D eigenvalue weighted by atomic mass is 16.5. The first kappa shape index (κ1) is 9.62. The van der Waals surface area contributed by atoms with Crippen LogP contribution in [0.1, 0.15) is 5.56 Å². The number of rotatable bonds is 2. The maximum absolute atomic E-state index is 11.1. The molecule has 0 unspecified atom stereocenters. The second-order valence-corrected chi connectivity index (χ2v) is 4.27. The maximum atomic E-state index is 11.1. The van der Waals surface area contributed by atoms with Crippen LogP contribution in [0, 0.1) is 0 Å². The fraction of sp³-hybridized carbons (Fsp3) is 0.364. The molecule has 2 heterocycles. The molecular formula is C11H12N2O3. The topological polar surface area (TPSA) is 78.1 Å². The number of aliphatic hydroxyl groups is 1. The number of benzene rings is 1. The highest BCUT2D eigenvalue weighted by Crippen LogP contribution is 2.32. The Balaban J connectivity index is 2.14. The van der Waals surface area contributed by atoms with Gasteiger partial charge in [-0.05, 0) is 17.7 Å². The summed E-state index contributed by atoms with van der Waals surface area (Å²) in [5, 5.41) is 9.41. The lowest BCUT2D eigenvalue weighted by Gasteiger charge is -2.40. The summed E-state index contributed by atoms with van der Waals surface area (Å²) < 4.78 is 5.16. The summed E-state index contributed by atoms with van der Waals surface area (Å²) in [6.07, 6.45) is 0. The van der Waals surface area contributed by atoms with Crippen molar-refractivity contribution in [2.24, 2.45) is 0 Å². The molecule has 84 valence electrons. The molecule has 1 fully saturated rings. The normalized spacial score (nSPS) is 18.6. The summed E-state index contributed by atoms with van der Waals surface area (Å²) in [6, 6.07) is 5.66. The molecule has 0 atom stereocenters. The van der Waals surface area contributed by atoms with Crippen LogP contribution < -0.4 is 5.69 Å². The van der Waals surface area contributed by atoms with Crippen LogP contribution in [-0.4, -0.2) is 34.9 Å². The third-order valence-corrected chi connectivity index (χ3v) is 3.19. The van der Waals surface area contributed by atoms with E-state index >= 15 is 0 Å². The molecule has 16 heavy (non-hydrogen) atoms. The summed E-state index contributed by atoms with van der Waals surface area (Å²) in [4.78, 5) is 16.5. The van der Waals surface area contributed by atoms with Gasteiger partial charge in [-0.15, -0.1) is 0 Å². The summed E-state index contributed by atoms with van der Waals surface area (Å²) in [7, 11) is 0. The zero-order valence-corrected chi connectivity index (χ0v) is 8.62. The molecule has 0 radical (unpaired) electrons. The molecule has 1 aliphatic rings. The highest BCUT2D eigenvalue weighted by molar-refractivity contribution is 5.75. The van der Waals surface area contributed by atoms with E-state index < -0.39 is 0 Å². The van der Waals surface area contributed by atoms with Crippen molar-refractivity contribution in [2.45, 2.75) is 5.41 Å². The lowest BCUT2D eigenvalue weighted by atomic mass is 9.79. The number of ether oxygens (including phenoxy) is 1. The Morgan fingerprint density at radius 1 is 1.31 bits per heavy atom. The number of hydrogen-bond donors (Lipinski definition) is 3. The molecule has 2 aromatic rings. The number of hydrogen-bond acceptors (Lipinski definition) is 3. The number of H-pyrrole nitrogens is 2. The van der Waals surface area contributed by atoms with Gasteiger partial charge in [-0.25, -0.2) is 4.79 Å². The van der Waals surface area contributed by atoms with Gasteiger partial charge in [0.2, 0.25) is 0 Å². The minimum atomic E-state index is -0.289. The highest BCUT2D eigenvalue weighted by Gasteiger charge is 2.39. The quantitative estimate of drug-likeness (QED) is 0.672. The summed E-state index contributed by atoms with van der Waals surface area (Å²) in [6.45, 7) is 1.13. The van der Waals surface area contributed by atoms with E-state index in [4.69, 9.17) is 4.74 Å². The van der Waals surface area contributed by atoms with Gasteiger partial charge in [-0.1, -0.05) is 6.07 Å². The monoisotopic (exact) mass is 220 g/mol. The van der Waals surface area contributed by atoms with Gasteiger partial charge in [-0.2, -0.15) is 0 Å². The second kappa shape index (κ2) is 3.20. The largest absolute Gasteiger partial charge is 0.395 e. The van der Waals surface area contributed by atoms with Gasteiger partial charge in [0.25, 0.3) is 0 Å². The van der Waals surface area contributed by atoms with Crippen LogP contribution in [0.15, 0.2) is 23.0 Å². The minimum Gasteiger partial charge on any atom is -0.395 e. The molecule has 1 aromatic heterocycles. The van der Waals surface area contributed by atoms with Crippen LogP contribution in [0.5, 0.6) is 0 Å². The lowest BCUT2D eigenvalue weighted by molar-refractivity contribution is -0.0841. The van der Waals surface area contributed by atoms with E-state index in [-0.39, 0.29) is 17.7 Å². The third-order valence-electron chi connectivity index (χ3n) is 3.19. The van der Waals surface area contributed by atoms with Gasteiger partial charge in [0.1, 0.15) is 0 Å². The molecule has 5 heteroatoms. The predicted octanol–water partition coefficient (Wildman–Crippen LogP) is 0.116. The van der Waals surface area contributed by atoms with Gasteiger partial charge in [0.15, 0.2) is 0 Å². The molecule has 1 aromatic carbocycles. The maximum Gasteiger partial charge on any atom is 0.323 e. The van der Waals surface area contributed by atoms with E-state index in [1.165, 1.54) is 0 Å². The smallest absolute Gasteiger partial charge is 0.323 e. The van der Waals surface area contributed by atoms with Crippen molar-refractivity contribution in [1.82, 2.24) is 9.97 Å². The van der Waals surface area contributed by atoms with Crippen molar-refractivity contribution >= 4 is 11.0 Å². The predicted molar refractivity (Wildman–Crippen MR) is 58.5 cm³/mol. The first-order valence-electron chi connectivity index (χ1n) is 5.15. The van der Waals surface area contributed by atoms with E-state index in [2.05, 4.69) is 9.97 Å². The van der Waals surface area contributed by atoms with E-state index in [0.717, 1.165) is 16.6 Å². The number of aromatic nitrogens is 2. The molecule has 0 bridgehead atoms. The molecule has 0 amide bonds. The van der Waals surface area contributed by atoms with Crippen molar-refractivity contribution in [3.05, 3.63) is 34.2 Å². The van der Waals surface area contributed by atoms with Gasteiger partial charge >= 0.3 is 5.69 Å². The van der Waals surface area contributed by atoms with Gasteiger partial charge in [0.05, 0.1) is 36.3 Å². The summed E-state index contributed by atoms with van der Waals surface area (Å²) in [5.74, 6) is 0. The Hall–Kier alpha value is -1.59. The summed E-state index contributed by atoms with van der Waals surface area (Å²) in [5.41, 5.74) is 2.05. The van der Waals surface area contributed by atoms with Gasteiger partial charge in [-0.3, -0.25) is 0 Å². The number of aliphatic hydroxyl groups excluding tert-OH is 1. The Morgan fingerprint density at radius 2 is 2.06 bits per heavy atom. The van der Waals surface area contributed by atoms with Crippen molar-refractivity contribution in [1.29, 1.82) is 0 Å². The van der Waals surface area contributed by atoms with E-state index in [1.807, 2.05) is 18.2 Å². The third kappa shape index (κ3) is 1.22. The molecule has 0 saturated carbocycles. The Kier molecular flexibility index (Phi) is 1.92. The Bertz CT molecular complexity index is 575. The van der Waals surface area contributed by atoms with Crippen LogP contribution >= 0.6 is 0 Å². The molecule has 5 nitrogen and oxygen atoms in total. The van der Waals surface area contributed by atoms with Crippen LogP contribution in [0.3, 0.4) is 0 Å². The molecule has 3 N–H and O–H groups in total. The van der Waals surface area contributed by atoms with Crippen LogP contribution in [0.2, 0.25) is 0 Å². The SMILES string of the molecule is O=c1[nH]c2ccc(C3(CO)COC3)cc2[nH]1. The fourth-order valence-electron chi connectivity index (χ4n) is 2.06. The average Bonchev–Trinajstić information content (AvgIpc) is 2.56. The second-order valence-electron chi connectivity index (χ2n) is 4.27. The molecule has 1 aliphatic heterocycles. The van der Waals surface area contributed by atoms with Crippen molar-refractivity contribution in [3.63, 3.8) is 0 Å². The number of imidazole rings is 1. The standard InChI is InChI=1S/C11H12N2O3/c14-4-11(5-16-6-11)7-1-2-8-9(3-7)13-10(15)12-8/h1-3,14H,4-6H2,(H2,12,13,15). The molecule has 0 aliphatic carbocycles. The van der Waals surface area contributed by atoms with Crippen molar-refractivity contribution in [3.8, 4) is 0 Å². The lowest BCUT2D eigenvalue weighted by Crippen LogP contribution is -2.49. The number of fused-ring (bicyclic) bond motifs is 1. The number of nitrogens with one attached hydrogen (secondary N) is 2. The molecular weight excluding hydrogens is 208 g/mol. The first-order valence-corrected chi connectivity index (χ1v) is 5.15. The average molecular weight is 220 g/mol. The van der Waals surface area contributed by atoms with E-state index in [9.17, 15) is 9.90 Å². The van der Waals surface area contributed by atoms with Crippen LogP contribution in [0.4, 0.5) is 0 Å². The van der Waals surface area contributed by atoms with E-state index in [0.29, 0.717) is 13.2 Å². The first-order chi connectivity index (χ1) is 7.73. The van der Waals surface area contributed by atoms with Gasteiger partial charge < -0.3 is 19.8 Å². The fourth-order valence-corrected chi connectivity index (χ4v) is 2.06. The molecule has 1 saturated heterocycles. The van der Waals surface area contributed by atoms with Crippen LogP contribution in [0.25, 0.3) is 11.0 Å². The van der Waals surface area contributed by atoms with Crippen molar-refractivity contribution < 1.29 is 9.84 Å². The molecule has 3 rings (SSSR count). The Labute approximate surface area is 91.1 Å². The zero-order valence-electron chi connectivity index (χ0n) is 8.62. The zero-order chi connectivity index (χ0) is 11.2. The number of aromatic amines is 2.